The Morgan fingerprint density at radius 3 is 2.26 bits per heavy atom. The van der Waals surface area contributed by atoms with Crippen molar-refractivity contribution >= 4 is 23.1 Å². The van der Waals surface area contributed by atoms with E-state index in [9.17, 15) is 9.90 Å². The van der Waals surface area contributed by atoms with Crippen LogP contribution in [0.1, 0.15) is 32.6 Å². The van der Waals surface area contributed by atoms with Crippen LogP contribution in [0.15, 0.2) is 0 Å². The van der Waals surface area contributed by atoms with Crippen molar-refractivity contribution < 1.29 is 14.6 Å². The number of carbonyl (C=O) groups excluding carboxylic acids is 1. The third-order valence-electron chi connectivity index (χ3n) is 4.36. The van der Waals surface area contributed by atoms with Crippen LogP contribution in [0.2, 0.25) is 0 Å². The van der Waals surface area contributed by atoms with Crippen molar-refractivity contribution in [1.82, 2.24) is 4.90 Å². The van der Waals surface area contributed by atoms with Gasteiger partial charge in [0.1, 0.15) is 5.41 Å². The lowest BCUT2D eigenvalue weighted by Gasteiger charge is -2.42. The number of likely N-dealkylation sites (tertiary alicyclic amines) is 1. The van der Waals surface area contributed by atoms with Crippen molar-refractivity contribution in [3.8, 4) is 0 Å². The van der Waals surface area contributed by atoms with Gasteiger partial charge in [0.05, 0.1) is 10.6 Å². The molecule has 0 bridgehead atoms. The van der Waals surface area contributed by atoms with Gasteiger partial charge in [-0.25, -0.2) is 0 Å². The molecule has 108 valence electrons. The van der Waals surface area contributed by atoms with Crippen LogP contribution < -0.4 is 5.73 Å². The van der Waals surface area contributed by atoms with Crippen molar-refractivity contribution in [3.05, 3.63) is 0 Å². The Hall–Kier alpha value is -0.720. The second-order valence-electron chi connectivity index (χ2n) is 5.85. The topological polar surface area (TPSA) is 75.8 Å². The number of aliphatic hydroxyl groups is 1. The monoisotopic (exact) mass is 286 g/mol. The van der Waals surface area contributed by atoms with Gasteiger partial charge in [0.25, 0.3) is 0 Å². The van der Waals surface area contributed by atoms with Crippen LogP contribution >= 0.6 is 12.2 Å². The van der Waals surface area contributed by atoms with Gasteiger partial charge in [-0.1, -0.05) is 12.2 Å². The van der Waals surface area contributed by atoms with E-state index in [0.717, 1.165) is 0 Å². The fourth-order valence-electron chi connectivity index (χ4n) is 2.78. The SMILES string of the molecule is CC1(O)CCN(C(=O)C2(C(N)=S)CCOCC2)CC1. The zero-order valence-corrected chi connectivity index (χ0v) is 12.2. The smallest absolute Gasteiger partial charge is 0.235 e. The highest BCUT2D eigenvalue weighted by Gasteiger charge is 2.46. The summed E-state index contributed by atoms with van der Waals surface area (Å²) in [5.74, 6) is 0.0128. The second kappa shape index (κ2) is 5.34. The number of amides is 1. The number of nitrogens with zero attached hydrogens (tertiary/aromatic N) is 1. The highest BCUT2D eigenvalue weighted by molar-refractivity contribution is 7.80. The maximum atomic E-state index is 12.7. The molecular weight excluding hydrogens is 264 g/mol. The Morgan fingerprint density at radius 1 is 1.26 bits per heavy atom. The molecule has 0 radical (unpaired) electrons. The predicted octanol–water partition coefficient (Wildman–Crippen LogP) is 0.443. The molecule has 2 saturated heterocycles. The van der Waals surface area contributed by atoms with E-state index in [0.29, 0.717) is 52.0 Å². The molecule has 0 aromatic rings. The van der Waals surface area contributed by atoms with E-state index >= 15 is 0 Å². The Labute approximate surface area is 119 Å². The van der Waals surface area contributed by atoms with Crippen LogP contribution in [0.3, 0.4) is 0 Å². The standard InChI is InChI=1S/C13H22N2O3S/c1-12(17)2-6-15(7-3-12)11(16)13(10(14)19)4-8-18-9-5-13/h17H,2-9H2,1H3,(H2,14,19). The van der Waals surface area contributed by atoms with Gasteiger partial charge < -0.3 is 20.5 Å². The fourth-order valence-corrected chi connectivity index (χ4v) is 3.07. The summed E-state index contributed by atoms with van der Waals surface area (Å²) in [6.45, 7) is 3.99. The average molecular weight is 286 g/mol. The molecule has 2 rings (SSSR count). The summed E-state index contributed by atoms with van der Waals surface area (Å²) >= 11 is 5.14. The number of nitrogens with two attached hydrogens (primary N) is 1. The van der Waals surface area contributed by atoms with Crippen LogP contribution in [0.4, 0.5) is 0 Å². The molecule has 0 aromatic carbocycles. The van der Waals surface area contributed by atoms with Gasteiger partial charge in [0.15, 0.2) is 0 Å². The number of piperidine rings is 1. The van der Waals surface area contributed by atoms with Crippen molar-refractivity contribution in [1.29, 1.82) is 0 Å². The third kappa shape index (κ3) is 2.90. The van der Waals surface area contributed by atoms with Crippen LogP contribution in [0, 0.1) is 5.41 Å². The Kier molecular flexibility index (Phi) is 4.13. The summed E-state index contributed by atoms with van der Waals surface area (Å²) in [4.78, 5) is 14.8. The minimum atomic E-state index is -0.739. The van der Waals surface area contributed by atoms with E-state index in [4.69, 9.17) is 22.7 Å². The van der Waals surface area contributed by atoms with E-state index < -0.39 is 11.0 Å². The Bertz CT molecular complexity index is 368. The first-order valence-electron chi connectivity index (χ1n) is 6.77. The normalized spacial score (nSPS) is 25.9. The molecule has 0 saturated carbocycles. The summed E-state index contributed by atoms with van der Waals surface area (Å²) in [7, 11) is 0. The molecule has 0 aromatic heterocycles. The number of hydrogen-bond acceptors (Lipinski definition) is 4. The third-order valence-corrected chi connectivity index (χ3v) is 4.75. The first-order valence-corrected chi connectivity index (χ1v) is 7.18. The summed E-state index contributed by atoms with van der Waals surface area (Å²) in [6.07, 6.45) is 2.33. The molecule has 2 heterocycles. The number of carbonyl (C=O) groups is 1. The lowest BCUT2D eigenvalue weighted by molar-refractivity contribution is -0.146. The largest absolute Gasteiger partial charge is 0.392 e. The van der Waals surface area contributed by atoms with Crippen LogP contribution in [-0.2, 0) is 9.53 Å². The van der Waals surface area contributed by atoms with Crippen molar-refractivity contribution in [2.45, 2.75) is 38.2 Å². The van der Waals surface area contributed by atoms with Gasteiger partial charge in [-0.15, -0.1) is 0 Å². The number of rotatable bonds is 2. The number of ether oxygens (including phenoxy) is 1. The number of hydrogen-bond donors (Lipinski definition) is 2. The van der Waals surface area contributed by atoms with Crippen LogP contribution in [0.5, 0.6) is 0 Å². The van der Waals surface area contributed by atoms with E-state index in [1.807, 2.05) is 6.92 Å². The highest BCUT2D eigenvalue weighted by atomic mass is 32.1. The van der Waals surface area contributed by atoms with E-state index in [1.165, 1.54) is 0 Å². The number of thiocarbonyl (C=S) groups is 1. The van der Waals surface area contributed by atoms with Crippen molar-refractivity contribution in [2.24, 2.45) is 11.1 Å². The van der Waals surface area contributed by atoms with Gasteiger partial charge in [-0.2, -0.15) is 0 Å². The minimum absolute atomic E-state index is 0.0128. The highest BCUT2D eigenvalue weighted by Crippen LogP contribution is 2.35. The van der Waals surface area contributed by atoms with Crippen LogP contribution in [-0.4, -0.2) is 52.8 Å². The quantitative estimate of drug-likeness (QED) is 0.721. The molecule has 0 aliphatic carbocycles. The molecule has 0 unspecified atom stereocenters. The molecule has 2 aliphatic heterocycles. The first-order chi connectivity index (χ1) is 8.87. The summed E-state index contributed by atoms with van der Waals surface area (Å²) < 4.78 is 5.32. The summed E-state index contributed by atoms with van der Waals surface area (Å²) in [6, 6.07) is 0. The molecule has 19 heavy (non-hydrogen) atoms. The molecule has 0 spiro atoms. The minimum Gasteiger partial charge on any atom is -0.392 e. The van der Waals surface area contributed by atoms with E-state index in [-0.39, 0.29) is 10.9 Å². The van der Waals surface area contributed by atoms with Crippen LogP contribution in [0.25, 0.3) is 0 Å². The van der Waals surface area contributed by atoms with Gasteiger partial charge in [0, 0.05) is 26.3 Å². The molecule has 6 heteroatoms. The predicted molar refractivity (Wildman–Crippen MR) is 75.7 cm³/mol. The second-order valence-corrected chi connectivity index (χ2v) is 6.29. The van der Waals surface area contributed by atoms with Gasteiger partial charge in [0.2, 0.25) is 5.91 Å². The Morgan fingerprint density at radius 2 is 1.79 bits per heavy atom. The summed E-state index contributed by atoms with van der Waals surface area (Å²) in [5.41, 5.74) is 4.44. The molecule has 2 fully saturated rings. The fraction of sp³-hybridized carbons (Fsp3) is 0.846. The molecule has 3 N–H and O–H groups in total. The lowest BCUT2D eigenvalue weighted by Crippen LogP contribution is -2.56. The molecule has 5 nitrogen and oxygen atoms in total. The van der Waals surface area contributed by atoms with E-state index in [2.05, 4.69) is 0 Å². The van der Waals surface area contributed by atoms with Crippen molar-refractivity contribution in [3.63, 3.8) is 0 Å². The first kappa shape index (κ1) is 14.7. The summed E-state index contributed by atoms with van der Waals surface area (Å²) in [5, 5.41) is 9.95. The van der Waals surface area contributed by atoms with Gasteiger partial charge in [-0.05, 0) is 32.6 Å². The zero-order chi connectivity index (χ0) is 14.1. The lowest BCUT2D eigenvalue weighted by atomic mass is 9.78. The molecule has 2 aliphatic rings. The maximum absolute atomic E-state index is 12.7. The Balaban J connectivity index is 2.10. The molecule has 0 atom stereocenters. The maximum Gasteiger partial charge on any atom is 0.235 e. The van der Waals surface area contributed by atoms with Gasteiger partial charge in [-0.3, -0.25) is 4.79 Å². The van der Waals surface area contributed by atoms with Gasteiger partial charge >= 0.3 is 0 Å². The van der Waals surface area contributed by atoms with E-state index in [1.54, 1.807) is 4.90 Å². The molecule has 1 amide bonds. The average Bonchev–Trinajstić information content (AvgIpc) is 2.38. The van der Waals surface area contributed by atoms with Crippen molar-refractivity contribution in [2.75, 3.05) is 26.3 Å². The zero-order valence-electron chi connectivity index (χ0n) is 11.4. The molecular formula is C13H22N2O3S.